The lowest BCUT2D eigenvalue weighted by Gasteiger charge is -2.30. The minimum atomic E-state index is -2.18. The first kappa shape index (κ1) is 97.8. The lowest BCUT2D eigenvalue weighted by Crippen LogP contribution is -2.44. The van der Waals surface area contributed by atoms with Gasteiger partial charge in [-0.2, -0.15) is 0 Å². The molecule has 0 fully saturated rings. The fourth-order valence-electron chi connectivity index (χ4n) is 14.1. The molecule has 0 aliphatic carbocycles. The van der Waals surface area contributed by atoms with Gasteiger partial charge in [0.15, 0.2) is 17.5 Å². The second-order valence-electron chi connectivity index (χ2n) is 32.0. The van der Waals surface area contributed by atoms with Gasteiger partial charge in [-0.15, -0.1) is 0 Å². The normalized spacial score (nSPS) is 11.1. The smallest absolute Gasteiger partial charge is 0.423 e. The Kier molecular flexibility index (Phi) is 43.0. The van der Waals surface area contributed by atoms with Crippen LogP contribution in [0.5, 0.6) is 34.5 Å². The van der Waals surface area contributed by atoms with E-state index in [-0.39, 0.29) is 42.4 Å². The first-order valence-corrected chi connectivity index (χ1v) is 45.8. The van der Waals surface area contributed by atoms with E-state index in [1.807, 2.05) is 110 Å². The number of aromatic nitrogens is 6. The quantitative estimate of drug-likeness (QED) is 0.0113. The van der Waals surface area contributed by atoms with Crippen molar-refractivity contribution in [1.82, 2.24) is 29.9 Å². The number of ether oxygens (including phenoxy) is 9. The number of carbonyl (C=O) groups excluding carboxylic acids is 6. The maximum Gasteiger partial charge on any atom is 0.423 e. The fraction of sp³-hybridized carbons (Fsp3) is 0.429. The largest absolute Gasteiger partial charge is 0.494 e. The van der Waals surface area contributed by atoms with Crippen molar-refractivity contribution in [3.05, 3.63) is 236 Å². The molecule has 0 unspecified atom stereocenters. The van der Waals surface area contributed by atoms with Crippen LogP contribution in [-0.4, -0.2) is 91.5 Å². The molecule has 3 heterocycles. The van der Waals surface area contributed by atoms with Crippen LogP contribution in [0.2, 0.25) is 0 Å². The molecule has 0 spiro atoms. The van der Waals surface area contributed by atoms with E-state index in [1.165, 1.54) is 19.3 Å². The van der Waals surface area contributed by atoms with Crippen molar-refractivity contribution in [2.45, 2.75) is 271 Å². The molecular formula is C105H128N6O15. The van der Waals surface area contributed by atoms with Gasteiger partial charge in [-0.3, -0.25) is 14.4 Å². The molecule has 6 aromatic carbocycles. The topological polar surface area (TPSA) is 263 Å². The third-order valence-corrected chi connectivity index (χ3v) is 21.8. The highest BCUT2D eigenvalue weighted by Gasteiger charge is 2.42. The molecule has 0 radical (unpaired) electrons. The zero-order chi connectivity index (χ0) is 89.2. The number of hydrogen-bond acceptors (Lipinski definition) is 21. The molecule has 9 aromatic rings. The highest BCUT2D eigenvalue weighted by Crippen LogP contribution is 2.31. The van der Waals surface area contributed by atoms with Crippen molar-refractivity contribution >= 4 is 52.5 Å². The molecule has 0 aliphatic heterocycles. The molecule has 21 heteroatoms. The molecule has 0 saturated heterocycles. The van der Waals surface area contributed by atoms with Crippen LogP contribution in [0.1, 0.15) is 279 Å². The monoisotopic (exact) mass is 1710 g/mol. The number of hydrogen-bond donors (Lipinski definition) is 0. The van der Waals surface area contributed by atoms with E-state index in [1.54, 1.807) is 79.7 Å². The number of aryl methyl sites for hydroxylation is 3. The van der Waals surface area contributed by atoms with Crippen LogP contribution in [-0.2, 0) is 62.2 Å². The van der Waals surface area contributed by atoms with Crippen LogP contribution >= 0.6 is 0 Å². The minimum Gasteiger partial charge on any atom is -0.494 e. The van der Waals surface area contributed by atoms with Crippen LogP contribution in [0, 0.1) is 0 Å². The van der Waals surface area contributed by atoms with Crippen molar-refractivity contribution in [3.63, 3.8) is 0 Å². The van der Waals surface area contributed by atoms with Gasteiger partial charge in [0, 0.05) is 73.1 Å². The maximum atomic E-state index is 13.6. The van der Waals surface area contributed by atoms with Gasteiger partial charge in [0.1, 0.15) is 34.5 Å². The summed E-state index contributed by atoms with van der Waals surface area (Å²) in [5, 5.41) is 0. The Balaban J connectivity index is 0.635. The van der Waals surface area contributed by atoms with E-state index in [2.05, 4.69) is 70.4 Å². The van der Waals surface area contributed by atoms with Crippen LogP contribution < -0.4 is 28.4 Å². The second kappa shape index (κ2) is 55.4. The zero-order valence-corrected chi connectivity index (χ0v) is 74.5. The van der Waals surface area contributed by atoms with Gasteiger partial charge in [0.2, 0.25) is 0 Å². The van der Waals surface area contributed by atoms with E-state index in [0.29, 0.717) is 108 Å². The minimum absolute atomic E-state index is 0.0665. The van der Waals surface area contributed by atoms with Gasteiger partial charge >= 0.3 is 41.8 Å². The van der Waals surface area contributed by atoms with E-state index >= 15 is 0 Å². The number of rotatable bonds is 61. The van der Waals surface area contributed by atoms with Gasteiger partial charge in [-0.05, 0) is 220 Å². The average Bonchev–Trinajstić information content (AvgIpc) is 0.840. The Morgan fingerprint density at radius 2 is 0.492 bits per heavy atom. The molecule has 126 heavy (non-hydrogen) atoms. The summed E-state index contributed by atoms with van der Waals surface area (Å²) in [6, 6.07) is 43.0. The van der Waals surface area contributed by atoms with Crippen molar-refractivity contribution in [2.24, 2.45) is 0 Å². The SMILES string of the molecule is C=C(C(=O)Oc1ccc(-c2ncc(CCCCC)cn2)cc1)c1ccc(OCCCCCCCCCC(=O)OC(CC)(OC(=O)CCCCCCCCCOc2ccc(C(=C)C(=O)Oc3ccc(-c4ncc(CCCCC)cn4)cc3)cc2)OC(=O)CCCCCCCCCOc2ccc(C(=C)C(=O)Oc3ccc(-c4ncc(CCCCC)cn4)cc3)cc2)cc1. The van der Waals surface area contributed by atoms with Crippen molar-refractivity contribution in [2.75, 3.05) is 19.8 Å². The molecule has 21 nitrogen and oxygen atoms in total. The maximum absolute atomic E-state index is 13.6. The summed E-state index contributed by atoms with van der Waals surface area (Å²) < 4.78 is 52.5. The number of esters is 6. The summed E-state index contributed by atoms with van der Waals surface area (Å²) in [5.74, 6) is -0.601. The summed E-state index contributed by atoms with van der Waals surface area (Å²) in [6.07, 6.45) is 42.6. The third-order valence-electron chi connectivity index (χ3n) is 21.8. The molecule has 3 aromatic heterocycles. The van der Waals surface area contributed by atoms with E-state index < -0.39 is 41.8 Å². The summed E-state index contributed by atoms with van der Waals surface area (Å²) in [4.78, 5) is 107. The number of benzene rings is 6. The predicted octanol–water partition coefficient (Wildman–Crippen LogP) is 24.7. The Hall–Kier alpha value is -12.0. The molecule has 9 rings (SSSR count). The fourth-order valence-corrected chi connectivity index (χ4v) is 14.1. The molecular weight excluding hydrogens is 1590 g/mol. The Morgan fingerprint density at radius 1 is 0.270 bits per heavy atom. The summed E-state index contributed by atoms with van der Waals surface area (Å²) in [6.45, 7) is 21.8. The highest BCUT2D eigenvalue weighted by molar-refractivity contribution is 6.17. The van der Waals surface area contributed by atoms with Gasteiger partial charge < -0.3 is 42.6 Å². The van der Waals surface area contributed by atoms with Crippen LogP contribution in [0.25, 0.3) is 50.9 Å². The molecule has 0 bridgehead atoms. The second-order valence-corrected chi connectivity index (χ2v) is 32.0. The summed E-state index contributed by atoms with van der Waals surface area (Å²) in [7, 11) is 0. The molecule has 0 aliphatic rings. The Bertz CT molecular complexity index is 4310. The summed E-state index contributed by atoms with van der Waals surface area (Å²) >= 11 is 0. The van der Waals surface area contributed by atoms with Crippen LogP contribution in [0.3, 0.4) is 0 Å². The van der Waals surface area contributed by atoms with Gasteiger partial charge in [-0.25, -0.2) is 44.3 Å². The van der Waals surface area contributed by atoms with Crippen LogP contribution in [0.15, 0.2) is 203 Å². The van der Waals surface area contributed by atoms with Crippen molar-refractivity contribution < 1.29 is 71.4 Å². The lowest BCUT2D eigenvalue weighted by atomic mass is 10.1. The first-order chi connectivity index (χ1) is 61.5. The number of unbranched alkanes of at least 4 members (excludes halogenated alkanes) is 24. The first-order valence-electron chi connectivity index (χ1n) is 45.8. The average molecular weight is 1710 g/mol. The Morgan fingerprint density at radius 3 is 0.722 bits per heavy atom. The summed E-state index contributed by atoms with van der Waals surface area (Å²) in [5.41, 5.74) is 8.38. The van der Waals surface area contributed by atoms with Crippen LogP contribution in [0.4, 0.5) is 0 Å². The van der Waals surface area contributed by atoms with Gasteiger partial charge in [0.25, 0.3) is 0 Å². The lowest BCUT2D eigenvalue weighted by molar-refractivity contribution is -0.331. The molecule has 0 N–H and O–H groups in total. The highest BCUT2D eigenvalue weighted by atomic mass is 16.9. The third kappa shape index (κ3) is 35.2. The number of nitrogens with zero attached hydrogens (tertiary/aromatic N) is 6. The number of carbonyl (C=O) groups is 6. The van der Waals surface area contributed by atoms with Gasteiger partial charge in [0.05, 0.1) is 43.0 Å². The van der Waals surface area contributed by atoms with E-state index in [9.17, 15) is 28.8 Å². The molecule has 0 atom stereocenters. The molecule has 0 amide bonds. The zero-order valence-electron chi connectivity index (χ0n) is 74.5. The van der Waals surface area contributed by atoms with Crippen molar-refractivity contribution in [3.8, 4) is 68.7 Å². The molecule has 0 saturated carbocycles. The van der Waals surface area contributed by atoms with E-state index in [4.69, 9.17) is 42.6 Å². The standard InChI is InChI=1S/C105H128N6O15/c1-8-12-30-39-81-72-106-99(107-73-81)87-51-63-93(64-52-87)121-102(115)78(5)84-45-57-90(58-46-84)118-69-36-27-21-15-18-24-33-42-96(112)124-105(11-4,125-97(113)43-34-25-19-16-22-28-37-70-119-91-59-47-85(48-60-91)79(6)103(116)122-94-65-53-88(54-66-94)100-108-74-82(75-109-100)40-31-13-9-2)126-98(114)44-35-26-20-17-23-29-38-71-120-92-61-49-86(50-62-92)80(7)104(117)123-95-67-55-89(56-68-95)101-110-76-83(77-111-101)41-32-14-10-3/h45-68,72-77H,5-44,69-71H2,1-4H3. The van der Waals surface area contributed by atoms with Gasteiger partial charge in [-0.1, -0.05) is 219 Å². The molecule has 668 valence electrons. The Labute approximate surface area is 745 Å². The predicted molar refractivity (Wildman–Crippen MR) is 494 cm³/mol. The van der Waals surface area contributed by atoms with E-state index in [0.717, 1.165) is 207 Å². The van der Waals surface area contributed by atoms with Crippen molar-refractivity contribution in [1.29, 1.82) is 0 Å².